The topological polar surface area (TPSA) is 43.7 Å². The Hall–Kier alpha value is -2.92. The number of hydrogen-bond acceptors (Lipinski definition) is 3. The molecule has 1 amide bonds. The lowest BCUT2D eigenvalue weighted by Gasteiger charge is -2.29. The summed E-state index contributed by atoms with van der Waals surface area (Å²) in [6, 6.07) is 17.3. The van der Waals surface area contributed by atoms with Crippen molar-refractivity contribution >= 4 is 17.5 Å². The first-order valence-electron chi connectivity index (χ1n) is 10.1. The summed E-state index contributed by atoms with van der Waals surface area (Å²) in [4.78, 5) is 15.3. The van der Waals surface area contributed by atoms with Crippen LogP contribution in [0.2, 0.25) is 5.02 Å². The molecule has 2 heterocycles. The highest BCUT2D eigenvalue weighted by Crippen LogP contribution is 2.33. The van der Waals surface area contributed by atoms with Gasteiger partial charge in [0.2, 0.25) is 6.79 Å². The van der Waals surface area contributed by atoms with Crippen molar-refractivity contribution < 1.29 is 14.3 Å². The number of carbonyl (C=O) groups excluding carboxylic acids is 1. The molecule has 0 saturated heterocycles. The van der Waals surface area contributed by atoms with E-state index in [1.165, 1.54) is 0 Å². The Morgan fingerprint density at radius 2 is 1.93 bits per heavy atom. The van der Waals surface area contributed by atoms with Gasteiger partial charge in [-0.25, -0.2) is 0 Å². The van der Waals surface area contributed by atoms with Gasteiger partial charge in [-0.2, -0.15) is 0 Å². The second-order valence-electron chi connectivity index (χ2n) is 7.48. The van der Waals surface area contributed by atoms with Gasteiger partial charge < -0.3 is 18.9 Å². The van der Waals surface area contributed by atoms with Gasteiger partial charge in [0.25, 0.3) is 5.91 Å². The number of hydrogen-bond donors (Lipinski definition) is 0. The number of benzene rings is 2. The number of ether oxygens (including phenoxy) is 2. The van der Waals surface area contributed by atoms with Gasteiger partial charge in [0.05, 0.1) is 6.54 Å². The maximum Gasteiger partial charge on any atom is 0.254 e. The molecular formula is C24H25ClN2O3. The van der Waals surface area contributed by atoms with Crippen molar-refractivity contribution in [2.24, 2.45) is 0 Å². The van der Waals surface area contributed by atoms with Crippen molar-refractivity contribution in [2.45, 2.75) is 39.4 Å². The number of halogens is 1. The Morgan fingerprint density at radius 3 is 2.73 bits per heavy atom. The van der Waals surface area contributed by atoms with Crippen LogP contribution in [-0.4, -0.2) is 28.2 Å². The summed E-state index contributed by atoms with van der Waals surface area (Å²) in [6.07, 6.45) is 2.89. The molecule has 1 aromatic heterocycles. The van der Waals surface area contributed by atoms with Crippen molar-refractivity contribution in [1.29, 1.82) is 0 Å². The predicted molar refractivity (Wildman–Crippen MR) is 117 cm³/mol. The Kier molecular flexibility index (Phi) is 6.00. The van der Waals surface area contributed by atoms with Crippen LogP contribution in [0.4, 0.5) is 0 Å². The number of rotatable bonds is 7. The lowest BCUT2D eigenvalue weighted by Crippen LogP contribution is -2.38. The zero-order valence-corrected chi connectivity index (χ0v) is 17.9. The van der Waals surface area contributed by atoms with E-state index in [0.717, 1.165) is 22.7 Å². The summed E-state index contributed by atoms with van der Waals surface area (Å²) >= 11 is 6.35. The van der Waals surface area contributed by atoms with Crippen LogP contribution in [0.1, 0.15) is 41.9 Å². The molecule has 2 aromatic carbocycles. The van der Waals surface area contributed by atoms with Crippen LogP contribution in [0.25, 0.3) is 0 Å². The van der Waals surface area contributed by atoms with Crippen molar-refractivity contribution in [3.05, 3.63) is 82.6 Å². The fourth-order valence-electron chi connectivity index (χ4n) is 3.58. The first-order valence-corrected chi connectivity index (χ1v) is 10.5. The second-order valence-corrected chi connectivity index (χ2v) is 7.88. The fraction of sp³-hybridized carbons (Fsp3) is 0.292. The van der Waals surface area contributed by atoms with E-state index in [1.807, 2.05) is 41.4 Å². The van der Waals surface area contributed by atoms with Crippen molar-refractivity contribution in [2.75, 3.05) is 6.79 Å². The highest BCUT2D eigenvalue weighted by atomic mass is 35.5. The van der Waals surface area contributed by atoms with E-state index in [4.69, 9.17) is 21.1 Å². The molecule has 3 aromatic rings. The molecule has 0 unspecified atom stereocenters. The number of aromatic nitrogens is 1. The third-order valence-corrected chi connectivity index (χ3v) is 5.93. The van der Waals surface area contributed by atoms with E-state index >= 15 is 0 Å². The van der Waals surface area contributed by atoms with Crippen molar-refractivity contribution in [3.8, 4) is 11.5 Å². The minimum atomic E-state index is -0.0202. The quantitative estimate of drug-likeness (QED) is 0.512. The summed E-state index contributed by atoms with van der Waals surface area (Å²) in [7, 11) is 0. The van der Waals surface area contributed by atoms with Gasteiger partial charge in [0, 0.05) is 35.1 Å². The smallest absolute Gasteiger partial charge is 0.254 e. The van der Waals surface area contributed by atoms with E-state index in [0.29, 0.717) is 30.2 Å². The first kappa shape index (κ1) is 20.4. The Labute approximate surface area is 181 Å². The molecular weight excluding hydrogens is 400 g/mol. The van der Waals surface area contributed by atoms with Gasteiger partial charge in [-0.1, -0.05) is 36.7 Å². The molecule has 0 bridgehead atoms. The monoisotopic (exact) mass is 424 g/mol. The van der Waals surface area contributed by atoms with Crippen LogP contribution in [-0.2, 0) is 13.1 Å². The predicted octanol–water partition coefficient (Wildman–Crippen LogP) is 5.36. The molecule has 1 aliphatic heterocycles. The Bertz CT molecular complexity index is 1050. The normalized spacial score (nSPS) is 13.3. The second kappa shape index (κ2) is 8.84. The van der Waals surface area contributed by atoms with Gasteiger partial charge in [0.1, 0.15) is 0 Å². The average Bonchev–Trinajstić information content (AvgIpc) is 3.41. The first-order chi connectivity index (χ1) is 14.6. The van der Waals surface area contributed by atoms with Crippen molar-refractivity contribution in [3.63, 3.8) is 0 Å². The van der Waals surface area contributed by atoms with Crippen LogP contribution in [0.15, 0.2) is 60.8 Å². The van der Waals surface area contributed by atoms with Gasteiger partial charge >= 0.3 is 0 Å². The molecule has 0 saturated carbocycles. The minimum Gasteiger partial charge on any atom is -0.454 e. The summed E-state index contributed by atoms with van der Waals surface area (Å²) < 4.78 is 13.0. The number of nitrogens with zero attached hydrogens (tertiary/aromatic N) is 2. The van der Waals surface area contributed by atoms with E-state index in [2.05, 4.69) is 24.5 Å². The SMILES string of the molecule is CC[C@H](C)N(Cc1cccn1Cc1ccccc1Cl)C(=O)c1ccc2c(c1)OCO2. The summed E-state index contributed by atoms with van der Waals surface area (Å²) in [5.41, 5.74) is 2.71. The van der Waals surface area contributed by atoms with E-state index in [-0.39, 0.29) is 18.7 Å². The molecule has 1 atom stereocenters. The number of fused-ring (bicyclic) bond motifs is 1. The van der Waals surface area contributed by atoms with Crippen LogP contribution in [0.5, 0.6) is 11.5 Å². The van der Waals surface area contributed by atoms with Crippen LogP contribution < -0.4 is 9.47 Å². The zero-order valence-electron chi connectivity index (χ0n) is 17.2. The van der Waals surface area contributed by atoms with E-state index in [9.17, 15) is 4.79 Å². The van der Waals surface area contributed by atoms with Crippen LogP contribution in [0.3, 0.4) is 0 Å². The summed E-state index contributed by atoms with van der Waals surface area (Å²) in [5, 5.41) is 0.743. The molecule has 1 aliphatic rings. The molecule has 156 valence electrons. The molecule has 5 nitrogen and oxygen atoms in total. The highest BCUT2D eigenvalue weighted by molar-refractivity contribution is 6.31. The van der Waals surface area contributed by atoms with Crippen LogP contribution >= 0.6 is 11.6 Å². The molecule has 30 heavy (non-hydrogen) atoms. The molecule has 0 spiro atoms. The molecule has 0 aliphatic carbocycles. The maximum absolute atomic E-state index is 13.4. The fourth-order valence-corrected chi connectivity index (χ4v) is 3.77. The average molecular weight is 425 g/mol. The van der Waals surface area contributed by atoms with Gasteiger partial charge in [0.15, 0.2) is 11.5 Å². The summed E-state index contributed by atoms with van der Waals surface area (Å²) in [6.45, 7) is 5.53. The molecule has 0 fully saturated rings. The largest absolute Gasteiger partial charge is 0.454 e. The zero-order chi connectivity index (χ0) is 21.1. The van der Waals surface area contributed by atoms with Crippen molar-refractivity contribution in [1.82, 2.24) is 9.47 Å². The third-order valence-electron chi connectivity index (χ3n) is 5.56. The molecule has 0 radical (unpaired) electrons. The Morgan fingerprint density at radius 1 is 1.13 bits per heavy atom. The number of amides is 1. The van der Waals surface area contributed by atoms with Crippen LogP contribution in [0, 0.1) is 0 Å². The lowest BCUT2D eigenvalue weighted by molar-refractivity contribution is 0.0666. The Balaban J connectivity index is 1.58. The molecule has 4 rings (SSSR count). The number of carbonyl (C=O) groups is 1. The standard InChI is InChI=1S/C24H25ClN2O3/c1-3-17(2)27(24(28)18-10-11-22-23(13-18)30-16-29-22)15-20-8-6-12-26(20)14-19-7-4-5-9-21(19)25/h4-13,17H,3,14-16H2,1-2H3/t17-/m0/s1. The third kappa shape index (κ3) is 4.17. The highest BCUT2D eigenvalue weighted by Gasteiger charge is 2.24. The molecule has 0 N–H and O–H groups in total. The summed E-state index contributed by atoms with van der Waals surface area (Å²) in [5.74, 6) is 1.27. The van der Waals surface area contributed by atoms with E-state index < -0.39 is 0 Å². The van der Waals surface area contributed by atoms with Gasteiger partial charge in [-0.15, -0.1) is 0 Å². The van der Waals surface area contributed by atoms with E-state index in [1.54, 1.807) is 18.2 Å². The molecule has 6 heteroatoms. The maximum atomic E-state index is 13.4. The lowest BCUT2D eigenvalue weighted by atomic mass is 10.1. The minimum absolute atomic E-state index is 0.0202. The van der Waals surface area contributed by atoms with Gasteiger partial charge in [-0.3, -0.25) is 4.79 Å². The van der Waals surface area contributed by atoms with Gasteiger partial charge in [-0.05, 0) is 55.3 Å².